The summed E-state index contributed by atoms with van der Waals surface area (Å²) < 4.78 is 0. The molecule has 1 heterocycles. The molecular formula is C20H36N4O5. The average molecular weight is 413 g/mol. The molecule has 0 aromatic heterocycles. The lowest BCUT2D eigenvalue weighted by molar-refractivity contribution is -0.143. The van der Waals surface area contributed by atoms with Crippen LogP contribution in [0.15, 0.2) is 0 Å². The van der Waals surface area contributed by atoms with Gasteiger partial charge >= 0.3 is 5.97 Å². The summed E-state index contributed by atoms with van der Waals surface area (Å²) in [5, 5.41) is 14.2. The van der Waals surface area contributed by atoms with Crippen LogP contribution in [0.2, 0.25) is 0 Å². The van der Waals surface area contributed by atoms with E-state index in [-0.39, 0.29) is 17.7 Å². The number of amides is 3. The van der Waals surface area contributed by atoms with Crippen molar-refractivity contribution in [2.45, 2.75) is 84.5 Å². The molecule has 5 N–H and O–H groups in total. The van der Waals surface area contributed by atoms with E-state index in [1.807, 2.05) is 27.7 Å². The minimum atomic E-state index is -1.15. The number of carboxylic acid groups (broad SMARTS) is 1. The summed E-state index contributed by atoms with van der Waals surface area (Å²) in [6, 6.07) is -3.29. The van der Waals surface area contributed by atoms with Crippen LogP contribution in [0.1, 0.15) is 60.3 Å². The number of hydrogen-bond acceptors (Lipinski definition) is 5. The molecule has 1 saturated heterocycles. The first kappa shape index (κ1) is 24.9. The van der Waals surface area contributed by atoms with Crippen LogP contribution in [0.3, 0.4) is 0 Å². The maximum absolute atomic E-state index is 12.9. The van der Waals surface area contributed by atoms with Crippen molar-refractivity contribution in [2.75, 3.05) is 6.54 Å². The van der Waals surface area contributed by atoms with Gasteiger partial charge in [0.25, 0.3) is 0 Å². The maximum Gasteiger partial charge on any atom is 0.325 e. The van der Waals surface area contributed by atoms with Gasteiger partial charge in [-0.05, 0) is 31.6 Å². The molecule has 0 aliphatic carbocycles. The third-order valence-electron chi connectivity index (χ3n) is 5.90. The first-order valence-corrected chi connectivity index (χ1v) is 10.4. The van der Waals surface area contributed by atoms with Gasteiger partial charge in [-0.2, -0.15) is 0 Å². The molecule has 1 aliphatic rings. The van der Waals surface area contributed by atoms with E-state index in [1.54, 1.807) is 0 Å². The minimum absolute atomic E-state index is 0.00274. The van der Waals surface area contributed by atoms with Crippen LogP contribution < -0.4 is 16.4 Å². The number of nitrogens with two attached hydrogens (primary N) is 1. The van der Waals surface area contributed by atoms with Crippen LogP contribution in [-0.2, 0) is 19.2 Å². The Hall–Kier alpha value is -2.16. The molecule has 3 amide bonds. The van der Waals surface area contributed by atoms with E-state index < -0.39 is 42.0 Å². The first-order chi connectivity index (χ1) is 13.5. The zero-order valence-corrected chi connectivity index (χ0v) is 18.1. The van der Waals surface area contributed by atoms with Gasteiger partial charge in [0.1, 0.15) is 18.1 Å². The van der Waals surface area contributed by atoms with Gasteiger partial charge < -0.3 is 26.4 Å². The number of likely N-dealkylation sites (tertiary alicyclic amines) is 1. The zero-order chi connectivity index (χ0) is 22.3. The van der Waals surface area contributed by atoms with Gasteiger partial charge in [0.2, 0.25) is 17.7 Å². The highest BCUT2D eigenvalue weighted by Crippen LogP contribution is 2.21. The van der Waals surface area contributed by atoms with Gasteiger partial charge in [-0.3, -0.25) is 19.2 Å². The number of carbonyl (C=O) groups is 4. The van der Waals surface area contributed by atoms with Crippen molar-refractivity contribution >= 4 is 23.7 Å². The Balaban J connectivity index is 2.91. The van der Waals surface area contributed by atoms with Crippen LogP contribution in [0.25, 0.3) is 0 Å². The summed E-state index contributed by atoms with van der Waals surface area (Å²) in [5.41, 5.74) is 6.07. The SMILES string of the molecule is CCC(C)C(N)C(=O)N1CCCC1C(=O)NC(C(=O)NC(C)C(=O)O)C(C)CC. The molecule has 1 rings (SSSR count). The second-order valence-corrected chi connectivity index (χ2v) is 8.04. The maximum atomic E-state index is 12.9. The molecule has 0 saturated carbocycles. The highest BCUT2D eigenvalue weighted by molar-refractivity contribution is 5.94. The molecule has 1 aliphatic heterocycles. The molecule has 29 heavy (non-hydrogen) atoms. The predicted molar refractivity (Wildman–Crippen MR) is 109 cm³/mol. The van der Waals surface area contributed by atoms with Crippen LogP contribution in [-0.4, -0.2) is 64.4 Å². The molecule has 9 heteroatoms. The van der Waals surface area contributed by atoms with E-state index in [4.69, 9.17) is 10.8 Å². The lowest BCUT2D eigenvalue weighted by Gasteiger charge is -2.31. The molecule has 6 unspecified atom stereocenters. The monoisotopic (exact) mass is 412 g/mol. The number of carbonyl (C=O) groups excluding carboxylic acids is 3. The highest BCUT2D eigenvalue weighted by Gasteiger charge is 2.39. The molecule has 0 spiro atoms. The van der Waals surface area contributed by atoms with Gasteiger partial charge in [-0.25, -0.2) is 0 Å². The molecule has 0 aromatic rings. The van der Waals surface area contributed by atoms with E-state index in [0.717, 1.165) is 6.42 Å². The Kier molecular flexibility index (Phi) is 9.55. The van der Waals surface area contributed by atoms with Crippen LogP contribution in [0.4, 0.5) is 0 Å². The molecule has 0 aromatic carbocycles. The van der Waals surface area contributed by atoms with Crippen molar-refractivity contribution in [3.8, 4) is 0 Å². The van der Waals surface area contributed by atoms with Gasteiger partial charge in [-0.1, -0.05) is 40.5 Å². The van der Waals surface area contributed by atoms with Crippen molar-refractivity contribution in [2.24, 2.45) is 17.6 Å². The summed E-state index contributed by atoms with van der Waals surface area (Å²) in [5.74, 6) is -2.55. The van der Waals surface area contributed by atoms with Gasteiger partial charge in [0.05, 0.1) is 6.04 Å². The van der Waals surface area contributed by atoms with Crippen LogP contribution in [0, 0.1) is 11.8 Å². The van der Waals surface area contributed by atoms with Crippen molar-refractivity contribution < 1.29 is 24.3 Å². The lowest BCUT2D eigenvalue weighted by atomic mass is 9.97. The van der Waals surface area contributed by atoms with Gasteiger partial charge in [0.15, 0.2) is 0 Å². The lowest BCUT2D eigenvalue weighted by Crippen LogP contribution is -2.58. The quantitative estimate of drug-likeness (QED) is 0.411. The Morgan fingerprint density at radius 3 is 2.17 bits per heavy atom. The topological polar surface area (TPSA) is 142 Å². The number of hydrogen-bond donors (Lipinski definition) is 4. The van der Waals surface area contributed by atoms with E-state index in [1.165, 1.54) is 11.8 Å². The zero-order valence-electron chi connectivity index (χ0n) is 18.1. The van der Waals surface area contributed by atoms with Gasteiger partial charge in [-0.15, -0.1) is 0 Å². The van der Waals surface area contributed by atoms with Crippen molar-refractivity contribution in [3.05, 3.63) is 0 Å². The molecule has 9 nitrogen and oxygen atoms in total. The fraction of sp³-hybridized carbons (Fsp3) is 0.800. The van der Waals surface area contributed by atoms with E-state index in [0.29, 0.717) is 25.8 Å². The number of aliphatic carboxylic acids is 1. The Bertz CT molecular complexity index is 612. The van der Waals surface area contributed by atoms with Gasteiger partial charge in [0, 0.05) is 6.54 Å². The fourth-order valence-electron chi connectivity index (χ4n) is 3.31. The molecular weight excluding hydrogens is 376 g/mol. The standard InChI is InChI=1S/C20H36N4O5/c1-6-11(3)15(21)19(27)24-10-8-9-14(24)17(25)23-16(12(4)7-2)18(26)22-13(5)20(28)29/h11-16H,6-10,21H2,1-5H3,(H,22,26)(H,23,25)(H,28,29). The molecule has 0 radical (unpaired) electrons. The first-order valence-electron chi connectivity index (χ1n) is 10.4. The van der Waals surface area contributed by atoms with Crippen molar-refractivity contribution in [1.82, 2.24) is 15.5 Å². The smallest absolute Gasteiger partial charge is 0.325 e. The third kappa shape index (κ3) is 6.42. The number of rotatable bonds is 10. The number of carboxylic acids is 1. The summed E-state index contributed by atoms with van der Waals surface area (Å²) in [6.07, 6.45) is 2.57. The summed E-state index contributed by atoms with van der Waals surface area (Å²) in [6.45, 7) is 9.38. The summed E-state index contributed by atoms with van der Waals surface area (Å²) in [7, 11) is 0. The largest absolute Gasteiger partial charge is 0.480 e. The number of nitrogens with one attached hydrogen (secondary N) is 2. The second-order valence-electron chi connectivity index (χ2n) is 8.04. The van der Waals surface area contributed by atoms with Crippen LogP contribution >= 0.6 is 0 Å². The molecule has 1 fully saturated rings. The fourth-order valence-corrected chi connectivity index (χ4v) is 3.31. The Morgan fingerprint density at radius 2 is 1.66 bits per heavy atom. The van der Waals surface area contributed by atoms with Crippen molar-refractivity contribution in [1.29, 1.82) is 0 Å². The van der Waals surface area contributed by atoms with Crippen LogP contribution in [0.5, 0.6) is 0 Å². The predicted octanol–water partition coefficient (Wildman–Crippen LogP) is 0.471. The number of nitrogens with zero attached hydrogens (tertiary/aromatic N) is 1. The minimum Gasteiger partial charge on any atom is -0.480 e. The normalized spacial score (nSPS) is 21.6. The van der Waals surface area contributed by atoms with E-state index >= 15 is 0 Å². The summed E-state index contributed by atoms with van der Waals surface area (Å²) >= 11 is 0. The van der Waals surface area contributed by atoms with E-state index in [2.05, 4.69) is 10.6 Å². The third-order valence-corrected chi connectivity index (χ3v) is 5.90. The summed E-state index contributed by atoms with van der Waals surface area (Å²) in [4.78, 5) is 50.8. The highest BCUT2D eigenvalue weighted by atomic mass is 16.4. The molecule has 166 valence electrons. The second kappa shape index (κ2) is 11.1. The van der Waals surface area contributed by atoms with Crippen molar-refractivity contribution in [3.63, 3.8) is 0 Å². The Morgan fingerprint density at radius 1 is 1.07 bits per heavy atom. The molecule has 0 bridgehead atoms. The average Bonchev–Trinajstić information content (AvgIpc) is 3.19. The van der Waals surface area contributed by atoms with E-state index in [9.17, 15) is 19.2 Å². The molecule has 6 atom stereocenters. The Labute approximate surface area is 172 Å².